The molecule has 0 unspecified atom stereocenters. The first-order valence-electron chi connectivity index (χ1n) is 5.79. The molecular formula is C12H19N3O3. The number of hydrogen-bond donors (Lipinski definition) is 3. The van der Waals surface area contributed by atoms with E-state index >= 15 is 0 Å². The fourth-order valence-electron chi connectivity index (χ4n) is 1.66. The molecule has 6 heteroatoms. The summed E-state index contributed by atoms with van der Waals surface area (Å²) in [6.07, 6.45) is 0. The van der Waals surface area contributed by atoms with Crippen LogP contribution in [0.3, 0.4) is 0 Å². The highest BCUT2D eigenvalue weighted by molar-refractivity contribution is 5.95. The highest BCUT2D eigenvalue weighted by atomic mass is 16.3. The lowest BCUT2D eigenvalue weighted by molar-refractivity contribution is 0.0684. The number of aryl methyl sites for hydroxylation is 1. The van der Waals surface area contributed by atoms with Crippen molar-refractivity contribution in [2.24, 2.45) is 0 Å². The molecule has 18 heavy (non-hydrogen) atoms. The van der Waals surface area contributed by atoms with E-state index in [0.717, 1.165) is 5.69 Å². The third-order valence-electron chi connectivity index (χ3n) is 2.48. The summed E-state index contributed by atoms with van der Waals surface area (Å²) in [5.41, 5.74) is 1.23. The van der Waals surface area contributed by atoms with Crippen LogP contribution in [-0.4, -0.2) is 59.4 Å². The van der Waals surface area contributed by atoms with Crippen LogP contribution in [0.4, 0.5) is 5.82 Å². The van der Waals surface area contributed by atoms with Gasteiger partial charge >= 0.3 is 0 Å². The molecule has 0 fully saturated rings. The lowest BCUT2D eigenvalue weighted by Gasteiger charge is -2.21. The molecule has 0 radical (unpaired) electrons. The molecule has 3 N–H and O–H groups in total. The van der Waals surface area contributed by atoms with Gasteiger partial charge < -0.3 is 20.4 Å². The Balaban J connectivity index is 2.96. The summed E-state index contributed by atoms with van der Waals surface area (Å²) in [7, 11) is 1.73. The van der Waals surface area contributed by atoms with Gasteiger partial charge in [0.05, 0.1) is 13.2 Å². The minimum Gasteiger partial charge on any atom is -0.395 e. The van der Waals surface area contributed by atoms with E-state index in [2.05, 4.69) is 10.3 Å². The molecule has 1 rings (SSSR count). The fraction of sp³-hybridized carbons (Fsp3) is 0.500. The lowest BCUT2D eigenvalue weighted by Crippen LogP contribution is -2.36. The first-order valence-corrected chi connectivity index (χ1v) is 5.79. The van der Waals surface area contributed by atoms with Gasteiger partial charge in [0.2, 0.25) is 0 Å². The number of amides is 1. The molecule has 0 aliphatic heterocycles. The Morgan fingerprint density at radius 1 is 1.33 bits per heavy atom. The van der Waals surface area contributed by atoms with Crippen LogP contribution in [0.5, 0.6) is 0 Å². The topological polar surface area (TPSA) is 85.7 Å². The zero-order valence-electron chi connectivity index (χ0n) is 10.7. The molecular weight excluding hydrogens is 234 g/mol. The van der Waals surface area contributed by atoms with E-state index in [1.165, 1.54) is 4.90 Å². The van der Waals surface area contributed by atoms with Crippen molar-refractivity contribution in [3.63, 3.8) is 0 Å². The van der Waals surface area contributed by atoms with Crippen molar-refractivity contribution in [1.29, 1.82) is 0 Å². The van der Waals surface area contributed by atoms with Crippen molar-refractivity contribution < 1.29 is 15.0 Å². The van der Waals surface area contributed by atoms with Gasteiger partial charge in [-0.05, 0) is 19.1 Å². The summed E-state index contributed by atoms with van der Waals surface area (Å²) in [5.74, 6) is 0.395. The van der Waals surface area contributed by atoms with Crippen LogP contribution in [0.2, 0.25) is 0 Å². The van der Waals surface area contributed by atoms with Gasteiger partial charge in [-0.15, -0.1) is 0 Å². The van der Waals surface area contributed by atoms with Gasteiger partial charge in [0, 0.05) is 31.4 Å². The summed E-state index contributed by atoms with van der Waals surface area (Å²) < 4.78 is 0. The lowest BCUT2D eigenvalue weighted by atomic mass is 10.2. The number of nitrogens with one attached hydrogen (secondary N) is 1. The number of hydrogen-bond acceptors (Lipinski definition) is 5. The fourth-order valence-corrected chi connectivity index (χ4v) is 1.66. The van der Waals surface area contributed by atoms with Crippen LogP contribution in [0, 0.1) is 6.92 Å². The second kappa shape index (κ2) is 6.93. The average Bonchev–Trinajstić information content (AvgIpc) is 2.36. The molecule has 0 atom stereocenters. The summed E-state index contributed by atoms with van der Waals surface area (Å²) in [4.78, 5) is 17.8. The van der Waals surface area contributed by atoms with Gasteiger partial charge in [-0.3, -0.25) is 4.79 Å². The molecule has 1 heterocycles. The second-order valence-electron chi connectivity index (χ2n) is 3.87. The smallest absolute Gasteiger partial charge is 0.254 e. The monoisotopic (exact) mass is 253 g/mol. The average molecular weight is 253 g/mol. The minimum absolute atomic E-state index is 0.130. The zero-order chi connectivity index (χ0) is 13.5. The SMILES string of the molecule is CNc1cc(C(=O)N(CCO)CCO)cc(C)n1. The number of nitrogens with zero attached hydrogens (tertiary/aromatic N) is 2. The van der Waals surface area contributed by atoms with Crippen molar-refractivity contribution in [3.05, 3.63) is 23.4 Å². The van der Waals surface area contributed by atoms with Gasteiger partial charge in [0.25, 0.3) is 5.91 Å². The maximum absolute atomic E-state index is 12.2. The van der Waals surface area contributed by atoms with E-state index in [4.69, 9.17) is 10.2 Å². The van der Waals surface area contributed by atoms with Crippen LogP contribution in [0.25, 0.3) is 0 Å². The Labute approximate surface area is 106 Å². The van der Waals surface area contributed by atoms with Crippen LogP contribution < -0.4 is 5.32 Å². The molecule has 0 bridgehead atoms. The maximum Gasteiger partial charge on any atom is 0.254 e. The third-order valence-corrected chi connectivity index (χ3v) is 2.48. The Morgan fingerprint density at radius 2 is 1.94 bits per heavy atom. The van der Waals surface area contributed by atoms with Crippen LogP contribution >= 0.6 is 0 Å². The highest BCUT2D eigenvalue weighted by Gasteiger charge is 2.16. The van der Waals surface area contributed by atoms with Gasteiger partial charge in [0.15, 0.2) is 0 Å². The molecule has 1 aromatic heterocycles. The molecule has 0 aliphatic carbocycles. The number of aliphatic hydroxyl groups excluding tert-OH is 2. The van der Waals surface area contributed by atoms with E-state index < -0.39 is 0 Å². The Morgan fingerprint density at radius 3 is 2.44 bits per heavy atom. The third kappa shape index (κ3) is 3.68. The van der Waals surface area contributed by atoms with Gasteiger partial charge in [-0.1, -0.05) is 0 Å². The molecule has 0 saturated heterocycles. The maximum atomic E-state index is 12.2. The molecule has 0 saturated carbocycles. The predicted molar refractivity (Wildman–Crippen MR) is 68.6 cm³/mol. The number of aliphatic hydroxyl groups is 2. The van der Waals surface area contributed by atoms with E-state index in [-0.39, 0.29) is 32.2 Å². The van der Waals surface area contributed by atoms with Crippen molar-refractivity contribution in [1.82, 2.24) is 9.88 Å². The largest absolute Gasteiger partial charge is 0.395 e. The molecule has 0 aliphatic rings. The normalized spacial score (nSPS) is 10.2. The second-order valence-corrected chi connectivity index (χ2v) is 3.87. The van der Waals surface area contributed by atoms with Gasteiger partial charge in [-0.2, -0.15) is 0 Å². The van der Waals surface area contributed by atoms with Crippen molar-refractivity contribution in [2.75, 3.05) is 38.7 Å². The molecule has 0 aromatic carbocycles. The van der Waals surface area contributed by atoms with E-state index in [1.807, 2.05) is 0 Å². The van der Waals surface area contributed by atoms with Gasteiger partial charge in [-0.25, -0.2) is 4.98 Å². The Hall–Kier alpha value is -1.66. The van der Waals surface area contributed by atoms with E-state index in [0.29, 0.717) is 11.4 Å². The number of carbonyl (C=O) groups excluding carboxylic acids is 1. The summed E-state index contributed by atoms with van der Waals surface area (Å²) in [5, 5.41) is 20.7. The van der Waals surface area contributed by atoms with Crippen molar-refractivity contribution in [3.8, 4) is 0 Å². The standard InChI is InChI=1S/C12H19N3O3/c1-9-7-10(8-11(13-2)14-9)12(18)15(3-5-16)4-6-17/h7-8,16-17H,3-6H2,1-2H3,(H,13,14). The minimum atomic E-state index is -0.222. The van der Waals surface area contributed by atoms with Crippen LogP contribution in [-0.2, 0) is 0 Å². The number of aromatic nitrogens is 1. The van der Waals surface area contributed by atoms with E-state index in [1.54, 1.807) is 26.1 Å². The quantitative estimate of drug-likeness (QED) is 0.657. The zero-order valence-corrected chi connectivity index (χ0v) is 10.7. The number of carbonyl (C=O) groups is 1. The predicted octanol–water partition coefficient (Wildman–Crippen LogP) is -0.141. The highest BCUT2D eigenvalue weighted by Crippen LogP contribution is 2.12. The van der Waals surface area contributed by atoms with Crippen molar-refractivity contribution >= 4 is 11.7 Å². The molecule has 1 amide bonds. The Kier molecular flexibility index (Phi) is 5.54. The number of pyridine rings is 1. The molecule has 1 aromatic rings. The summed E-state index contributed by atoms with van der Waals surface area (Å²) in [6, 6.07) is 3.34. The molecule has 0 spiro atoms. The first-order chi connectivity index (χ1) is 8.62. The van der Waals surface area contributed by atoms with Crippen LogP contribution in [0.1, 0.15) is 16.1 Å². The van der Waals surface area contributed by atoms with Crippen molar-refractivity contribution in [2.45, 2.75) is 6.92 Å². The summed E-state index contributed by atoms with van der Waals surface area (Å²) in [6.45, 7) is 1.95. The summed E-state index contributed by atoms with van der Waals surface area (Å²) >= 11 is 0. The number of anilines is 1. The van der Waals surface area contributed by atoms with Crippen LogP contribution in [0.15, 0.2) is 12.1 Å². The van der Waals surface area contributed by atoms with E-state index in [9.17, 15) is 4.79 Å². The number of rotatable bonds is 6. The molecule has 6 nitrogen and oxygen atoms in total. The first kappa shape index (κ1) is 14.4. The Bertz CT molecular complexity index is 404. The molecule has 100 valence electrons. The van der Waals surface area contributed by atoms with Gasteiger partial charge in [0.1, 0.15) is 5.82 Å².